The third-order valence-electron chi connectivity index (χ3n) is 4.74. The van der Waals surface area contributed by atoms with E-state index in [1.54, 1.807) is 12.1 Å². The van der Waals surface area contributed by atoms with E-state index in [2.05, 4.69) is 56.8 Å². The fourth-order valence-corrected chi connectivity index (χ4v) is 2.58. The summed E-state index contributed by atoms with van der Waals surface area (Å²) < 4.78 is 0. The van der Waals surface area contributed by atoms with Gasteiger partial charge in [0.1, 0.15) is 0 Å². The number of carboxylic acid groups (broad SMARTS) is 1. The second-order valence-corrected chi connectivity index (χ2v) is 6.80. The molecule has 2 rings (SSSR count). The summed E-state index contributed by atoms with van der Waals surface area (Å²) in [4.78, 5) is 14.1. The van der Waals surface area contributed by atoms with E-state index in [4.69, 9.17) is 16.9 Å². The molecule has 0 spiro atoms. The number of carboxylic acids is 1. The summed E-state index contributed by atoms with van der Waals surface area (Å²) in [5, 5.41) is 8.67. The lowest BCUT2D eigenvalue weighted by atomic mass is 9.98. The molecule has 0 amide bonds. The van der Waals surface area contributed by atoms with Crippen LogP contribution in [0.5, 0.6) is 0 Å². The minimum Gasteiger partial charge on any atom is -0.572 e. The largest absolute Gasteiger partial charge is 0.572 e. The Labute approximate surface area is 162 Å². The van der Waals surface area contributed by atoms with E-state index >= 15 is 0 Å². The Morgan fingerprint density at radius 1 is 0.923 bits per heavy atom. The Morgan fingerprint density at radius 2 is 1.35 bits per heavy atom. The lowest BCUT2D eigenvalue weighted by Gasteiger charge is -2.12. The molecule has 0 radical (unpaired) electrons. The third kappa shape index (κ3) is 7.19. The summed E-state index contributed by atoms with van der Waals surface area (Å²) >= 11 is 5.29. The standard InChI is InChI=1S/C11H15ClN.C11H14O2/c1-3-9(2)11-6-4-10(5-7-11)8-13-12;1-3-8(2)9-4-6-10(7-5-9)11(12)13/h4-7,9H,3,8H2,1-2H3;4-8H,3H2,1-2H3,(H,12,13)/q-1;. The average Bonchev–Trinajstić information content (AvgIpc) is 2.68. The lowest BCUT2D eigenvalue weighted by Crippen LogP contribution is -1.97. The fourth-order valence-electron chi connectivity index (χ4n) is 2.45. The van der Waals surface area contributed by atoms with Crippen molar-refractivity contribution in [1.29, 1.82) is 0 Å². The Morgan fingerprint density at radius 3 is 1.69 bits per heavy atom. The summed E-state index contributed by atoms with van der Waals surface area (Å²) in [6.07, 6.45) is 2.26. The van der Waals surface area contributed by atoms with Crippen molar-refractivity contribution in [3.05, 3.63) is 75.6 Å². The highest BCUT2D eigenvalue weighted by Gasteiger charge is 2.05. The first-order valence-electron chi connectivity index (χ1n) is 9.12. The summed E-state index contributed by atoms with van der Waals surface area (Å²) in [7, 11) is 0. The summed E-state index contributed by atoms with van der Waals surface area (Å²) in [6.45, 7) is 9.29. The van der Waals surface area contributed by atoms with Crippen molar-refractivity contribution in [3.8, 4) is 0 Å². The number of rotatable bonds is 7. The molecule has 2 aromatic carbocycles. The Hall–Kier alpha value is -1.84. The molecule has 0 aliphatic rings. The van der Waals surface area contributed by atoms with Crippen LogP contribution < -0.4 is 0 Å². The predicted molar refractivity (Wildman–Crippen MR) is 110 cm³/mol. The van der Waals surface area contributed by atoms with Crippen LogP contribution in [-0.4, -0.2) is 11.1 Å². The molecule has 0 aromatic heterocycles. The number of halogens is 1. The van der Waals surface area contributed by atoms with Gasteiger partial charge < -0.3 is 9.94 Å². The van der Waals surface area contributed by atoms with Gasteiger partial charge in [-0.25, -0.2) is 4.79 Å². The molecule has 4 heteroatoms. The monoisotopic (exact) mass is 374 g/mol. The maximum atomic E-state index is 10.6. The van der Waals surface area contributed by atoms with Gasteiger partial charge in [0.25, 0.3) is 0 Å². The van der Waals surface area contributed by atoms with Crippen LogP contribution in [-0.2, 0) is 6.54 Å². The molecular weight excluding hydrogens is 346 g/mol. The molecule has 0 aliphatic carbocycles. The first-order valence-corrected chi connectivity index (χ1v) is 9.46. The molecule has 1 N–H and O–H groups in total. The SMILES string of the molecule is CCC(C)c1ccc(C(=O)O)cc1.CCC(C)c1ccc(C[N-]Cl)cc1. The van der Waals surface area contributed by atoms with Gasteiger partial charge in [-0.1, -0.05) is 69.7 Å². The molecule has 0 heterocycles. The minimum atomic E-state index is -0.865. The molecule has 2 unspecified atom stereocenters. The molecule has 0 saturated carbocycles. The van der Waals surface area contributed by atoms with Crippen LogP contribution in [0.3, 0.4) is 0 Å². The number of benzene rings is 2. The molecule has 2 aromatic rings. The summed E-state index contributed by atoms with van der Waals surface area (Å²) in [5.74, 6) is 0.278. The van der Waals surface area contributed by atoms with Gasteiger partial charge >= 0.3 is 5.97 Å². The number of nitrogens with zero attached hydrogens (tertiary/aromatic N) is 1. The molecule has 26 heavy (non-hydrogen) atoms. The lowest BCUT2D eigenvalue weighted by molar-refractivity contribution is 0.0697. The second kappa shape index (κ2) is 11.7. The zero-order valence-corrected chi connectivity index (χ0v) is 16.8. The molecule has 2 atom stereocenters. The number of aromatic carboxylic acids is 1. The van der Waals surface area contributed by atoms with Crippen LogP contribution >= 0.6 is 11.8 Å². The van der Waals surface area contributed by atoms with Crippen LogP contribution in [0.25, 0.3) is 4.84 Å². The summed E-state index contributed by atoms with van der Waals surface area (Å²) in [6, 6.07) is 15.6. The van der Waals surface area contributed by atoms with Gasteiger partial charge in [-0.15, -0.1) is 6.54 Å². The third-order valence-corrected chi connectivity index (χ3v) is 4.86. The maximum absolute atomic E-state index is 10.6. The highest BCUT2D eigenvalue weighted by molar-refractivity contribution is 6.24. The predicted octanol–water partition coefficient (Wildman–Crippen LogP) is 7.13. The highest BCUT2D eigenvalue weighted by Crippen LogP contribution is 2.20. The highest BCUT2D eigenvalue weighted by atomic mass is 35.5. The Kier molecular flexibility index (Phi) is 10.0. The second-order valence-electron chi connectivity index (χ2n) is 6.56. The van der Waals surface area contributed by atoms with Crippen molar-refractivity contribution >= 4 is 17.7 Å². The van der Waals surface area contributed by atoms with Crippen molar-refractivity contribution in [1.82, 2.24) is 0 Å². The smallest absolute Gasteiger partial charge is 0.335 e. The zero-order valence-electron chi connectivity index (χ0n) is 16.1. The van der Waals surface area contributed by atoms with Gasteiger partial charge in [0.15, 0.2) is 0 Å². The van der Waals surface area contributed by atoms with Gasteiger partial charge in [-0.3, -0.25) is 11.8 Å². The molecule has 3 nitrogen and oxygen atoms in total. The van der Waals surface area contributed by atoms with Gasteiger partial charge in [0, 0.05) is 0 Å². The quantitative estimate of drug-likeness (QED) is 0.560. The molecule has 0 saturated heterocycles. The van der Waals surface area contributed by atoms with Crippen molar-refractivity contribution in [2.24, 2.45) is 0 Å². The van der Waals surface area contributed by atoms with Crippen molar-refractivity contribution in [3.63, 3.8) is 0 Å². The Bertz CT molecular complexity index is 653. The van der Waals surface area contributed by atoms with E-state index < -0.39 is 5.97 Å². The first-order chi connectivity index (χ1) is 12.4. The molecular formula is C22H29ClNO2-. The minimum absolute atomic E-state index is 0.354. The number of hydrogen-bond acceptors (Lipinski definition) is 1. The van der Waals surface area contributed by atoms with Gasteiger partial charge in [-0.05, 0) is 47.9 Å². The van der Waals surface area contributed by atoms with E-state index in [0.29, 0.717) is 23.9 Å². The van der Waals surface area contributed by atoms with Crippen LogP contribution in [0.1, 0.15) is 79.4 Å². The number of hydrogen-bond donors (Lipinski definition) is 1. The van der Waals surface area contributed by atoms with Crippen LogP contribution in [0.2, 0.25) is 0 Å². The average molecular weight is 375 g/mol. The first kappa shape index (κ1) is 22.2. The van der Waals surface area contributed by atoms with Gasteiger partial charge in [-0.2, -0.15) is 0 Å². The molecule has 0 fully saturated rings. The van der Waals surface area contributed by atoms with Crippen LogP contribution in [0.4, 0.5) is 0 Å². The normalized spacial score (nSPS) is 12.7. The van der Waals surface area contributed by atoms with E-state index in [1.807, 2.05) is 12.1 Å². The number of carbonyl (C=O) groups is 1. The van der Waals surface area contributed by atoms with Gasteiger partial charge in [0.2, 0.25) is 0 Å². The van der Waals surface area contributed by atoms with E-state index in [9.17, 15) is 4.79 Å². The van der Waals surface area contributed by atoms with Crippen molar-refractivity contribution < 1.29 is 9.90 Å². The van der Waals surface area contributed by atoms with Crippen molar-refractivity contribution in [2.75, 3.05) is 0 Å². The van der Waals surface area contributed by atoms with Crippen molar-refractivity contribution in [2.45, 2.75) is 58.9 Å². The van der Waals surface area contributed by atoms with Crippen LogP contribution in [0.15, 0.2) is 48.5 Å². The van der Waals surface area contributed by atoms with E-state index in [1.165, 1.54) is 23.1 Å². The van der Waals surface area contributed by atoms with Crippen LogP contribution in [0, 0.1) is 0 Å². The molecule has 0 bridgehead atoms. The fraction of sp³-hybridized carbons (Fsp3) is 0.409. The maximum Gasteiger partial charge on any atom is 0.335 e. The van der Waals surface area contributed by atoms with Gasteiger partial charge in [0.05, 0.1) is 5.56 Å². The van der Waals surface area contributed by atoms with E-state index in [0.717, 1.165) is 6.42 Å². The zero-order chi connectivity index (χ0) is 19.5. The van der Waals surface area contributed by atoms with E-state index in [-0.39, 0.29) is 0 Å². The Balaban J connectivity index is 0.000000260. The molecule has 142 valence electrons. The molecule has 0 aliphatic heterocycles. The summed E-state index contributed by atoms with van der Waals surface area (Å²) in [5.41, 5.74) is 4.11. The topological polar surface area (TPSA) is 51.4 Å².